The summed E-state index contributed by atoms with van der Waals surface area (Å²) >= 11 is 0. The molecule has 0 saturated heterocycles. The molecule has 7 nitrogen and oxygen atoms in total. The van der Waals surface area contributed by atoms with Crippen molar-refractivity contribution < 1.29 is 20.1 Å². The first kappa shape index (κ1) is 14.6. The summed E-state index contributed by atoms with van der Waals surface area (Å²) in [6.07, 6.45) is 2.15. The number of hydrogen-bond acceptors (Lipinski definition) is 5. The Morgan fingerprint density at radius 3 is 2.39 bits per heavy atom. The van der Waals surface area contributed by atoms with Crippen LogP contribution in [0.1, 0.15) is 23.0 Å². The van der Waals surface area contributed by atoms with Crippen molar-refractivity contribution in [2.24, 2.45) is 7.05 Å². The van der Waals surface area contributed by atoms with Crippen molar-refractivity contribution in [2.45, 2.75) is 18.9 Å². The van der Waals surface area contributed by atoms with Crippen LogP contribution in [0.4, 0.5) is 0 Å². The molecule has 0 bridgehead atoms. The van der Waals surface area contributed by atoms with Crippen LogP contribution >= 0.6 is 0 Å². The van der Waals surface area contributed by atoms with E-state index in [-0.39, 0.29) is 0 Å². The predicted octanol–water partition coefficient (Wildman–Crippen LogP) is -1.57. The van der Waals surface area contributed by atoms with Gasteiger partial charge in [0.25, 0.3) is 5.91 Å². The van der Waals surface area contributed by atoms with Gasteiger partial charge < -0.3 is 20.6 Å². The number of aliphatic hydroxyl groups excluding tert-OH is 3. The lowest BCUT2D eigenvalue weighted by Gasteiger charge is -2.28. The minimum Gasteiger partial charge on any atom is -0.394 e. The highest BCUT2D eigenvalue weighted by molar-refractivity contribution is 5.95. The van der Waals surface area contributed by atoms with E-state index >= 15 is 0 Å². The first-order chi connectivity index (χ1) is 8.51. The highest BCUT2D eigenvalue weighted by atomic mass is 16.3. The summed E-state index contributed by atoms with van der Waals surface area (Å²) in [4.78, 5) is 12.0. The summed E-state index contributed by atoms with van der Waals surface area (Å²) in [6, 6.07) is 0. The summed E-state index contributed by atoms with van der Waals surface area (Å²) in [7, 11) is 1.70. The molecule has 0 aliphatic carbocycles. The first-order valence-corrected chi connectivity index (χ1v) is 5.69. The SMILES string of the molecule is CCc1nn(C)cc1C(=O)NC(CO)(CO)CO. The molecular weight excluding hydrogens is 238 g/mol. The van der Waals surface area contributed by atoms with Crippen molar-refractivity contribution >= 4 is 5.91 Å². The first-order valence-electron chi connectivity index (χ1n) is 5.69. The Balaban J connectivity index is 2.93. The van der Waals surface area contributed by atoms with Gasteiger partial charge in [-0.15, -0.1) is 0 Å². The maximum atomic E-state index is 12.0. The van der Waals surface area contributed by atoms with E-state index in [9.17, 15) is 4.79 Å². The van der Waals surface area contributed by atoms with Crippen LogP contribution in [0, 0.1) is 0 Å². The van der Waals surface area contributed by atoms with E-state index in [0.717, 1.165) is 0 Å². The molecule has 0 spiro atoms. The highest BCUT2D eigenvalue weighted by Crippen LogP contribution is 2.10. The molecule has 0 unspecified atom stereocenters. The Bertz CT molecular complexity index is 404. The van der Waals surface area contributed by atoms with E-state index in [1.165, 1.54) is 4.68 Å². The van der Waals surface area contributed by atoms with Gasteiger partial charge in [-0.05, 0) is 6.42 Å². The standard InChI is InChI=1S/C11H19N3O4/c1-3-9-8(4-14(2)13-9)10(18)12-11(5-15,6-16)7-17/h4,15-17H,3,5-7H2,1-2H3,(H,12,18). The number of nitrogens with one attached hydrogen (secondary N) is 1. The molecule has 0 radical (unpaired) electrons. The van der Waals surface area contributed by atoms with Gasteiger partial charge in [0.15, 0.2) is 0 Å². The van der Waals surface area contributed by atoms with Gasteiger partial charge in [0.1, 0.15) is 5.54 Å². The minimum absolute atomic E-state index is 0.375. The number of aryl methyl sites for hydroxylation is 2. The zero-order valence-corrected chi connectivity index (χ0v) is 10.6. The van der Waals surface area contributed by atoms with E-state index in [1.807, 2.05) is 6.92 Å². The van der Waals surface area contributed by atoms with Crippen LogP contribution in [-0.2, 0) is 13.5 Å². The van der Waals surface area contributed by atoms with E-state index in [2.05, 4.69) is 10.4 Å². The maximum Gasteiger partial charge on any atom is 0.255 e. The van der Waals surface area contributed by atoms with Crippen LogP contribution in [-0.4, -0.2) is 56.4 Å². The van der Waals surface area contributed by atoms with Crippen molar-refractivity contribution in [1.29, 1.82) is 0 Å². The number of rotatable bonds is 6. The molecule has 1 aromatic rings. The van der Waals surface area contributed by atoms with Crippen LogP contribution in [0.3, 0.4) is 0 Å². The molecule has 0 saturated carbocycles. The van der Waals surface area contributed by atoms with Crippen molar-refractivity contribution in [3.8, 4) is 0 Å². The molecule has 4 N–H and O–H groups in total. The van der Waals surface area contributed by atoms with Crippen molar-refractivity contribution in [2.75, 3.05) is 19.8 Å². The zero-order chi connectivity index (χ0) is 13.8. The molecule has 1 rings (SSSR count). The van der Waals surface area contributed by atoms with Crippen LogP contribution in [0.25, 0.3) is 0 Å². The van der Waals surface area contributed by atoms with Gasteiger partial charge in [0.05, 0.1) is 31.1 Å². The molecule has 0 fully saturated rings. The number of nitrogens with zero attached hydrogens (tertiary/aromatic N) is 2. The summed E-state index contributed by atoms with van der Waals surface area (Å²) in [5.41, 5.74) is -0.421. The zero-order valence-electron chi connectivity index (χ0n) is 10.6. The van der Waals surface area contributed by atoms with Crippen LogP contribution in [0.5, 0.6) is 0 Å². The van der Waals surface area contributed by atoms with Gasteiger partial charge >= 0.3 is 0 Å². The lowest BCUT2D eigenvalue weighted by Crippen LogP contribution is -2.57. The van der Waals surface area contributed by atoms with Gasteiger partial charge in [-0.3, -0.25) is 9.48 Å². The fraction of sp³-hybridized carbons (Fsp3) is 0.636. The monoisotopic (exact) mass is 257 g/mol. The number of hydrogen-bond donors (Lipinski definition) is 4. The second-order valence-corrected chi connectivity index (χ2v) is 4.23. The fourth-order valence-corrected chi connectivity index (χ4v) is 1.56. The van der Waals surface area contributed by atoms with Gasteiger partial charge in [0.2, 0.25) is 0 Å². The summed E-state index contributed by atoms with van der Waals surface area (Å²) in [5, 5.41) is 34.0. The maximum absolute atomic E-state index is 12.0. The molecule has 7 heteroatoms. The van der Waals surface area contributed by atoms with Gasteiger partial charge in [-0.2, -0.15) is 5.10 Å². The average Bonchev–Trinajstić information content (AvgIpc) is 2.77. The lowest BCUT2D eigenvalue weighted by atomic mass is 10.0. The quantitative estimate of drug-likeness (QED) is 0.492. The number of carbonyl (C=O) groups is 1. The fourth-order valence-electron chi connectivity index (χ4n) is 1.56. The molecule has 102 valence electrons. The Kier molecular flexibility index (Phi) is 4.83. The van der Waals surface area contributed by atoms with E-state index in [4.69, 9.17) is 15.3 Å². The second-order valence-electron chi connectivity index (χ2n) is 4.23. The topological polar surface area (TPSA) is 108 Å². The molecule has 0 atom stereocenters. The largest absolute Gasteiger partial charge is 0.394 e. The van der Waals surface area contributed by atoms with Gasteiger partial charge in [-0.25, -0.2) is 0 Å². The summed E-state index contributed by atoms with van der Waals surface area (Å²) in [5.74, 6) is -0.475. The molecule has 1 heterocycles. The Labute approximate surface area is 105 Å². The van der Waals surface area contributed by atoms with Crippen molar-refractivity contribution in [3.63, 3.8) is 0 Å². The van der Waals surface area contributed by atoms with Crippen LogP contribution < -0.4 is 5.32 Å². The normalized spacial score (nSPS) is 11.6. The molecule has 1 aromatic heterocycles. The van der Waals surface area contributed by atoms with Crippen LogP contribution in [0.15, 0.2) is 6.20 Å². The Morgan fingerprint density at radius 2 is 1.94 bits per heavy atom. The predicted molar refractivity (Wildman–Crippen MR) is 64.0 cm³/mol. The number of carbonyl (C=O) groups excluding carboxylic acids is 1. The third kappa shape index (κ3) is 2.87. The highest BCUT2D eigenvalue weighted by Gasteiger charge is 2.31. The number of aliphatic hydroxyl groups is 3. The molecule has 0 aliphatic heterocycles. The van der Waals surface area contributed by atoms with E-state index < -0.39 is 31.3 Å². The number of aromatic nitrogens is 2. The van der Waals surface area contributed by atoms with Crippen molar-refractivity contribution in [1.82, 2.24) is 15.1 Å². The van der Waals surface area contributed by atoms with Crippen LogP contribution in [0.2, 0.25) is 0 Å². The average molecular weight is 257 g/mol. The van der Waals surface area contributed by atoms with Crippen molar-refractivity contribution in [3.05, 3.63) is 17.5 Å². The Morgan fingerprint density at radius 1 is 1.39 bits per heavy atom. The summed E-state index contributed by atoms with van der Waals surface area (Å²) in [6.45, 7) is 0.227. The summed E-state index contributed by atoms with van der Waals surface area (Å²) < 4.78 is 1.52. The molecule has 18 heavy (non-hydrogen) atoms. The minimum atomic E-state index is -1.42. The van der Waals surface area contributed by atoms with E-state index in [1.54, 1.807) is 13.2 Å². The Hall–Kier alpha value is -1.44. The second kappa shape index (κ2) is 5.94. The lowest BCUT2D eigenvalue weighted by molar-refractivity contribution is 0.0375. The molecule has 0 aliphatic rings. The van der Waals surface area contributed by atoms with E-state index in [0.29, 0.717) is 17.7 Å². The third-order valence-electron chi connectivity index (χ3n) is 2.77. The van der Waals surface area contributed by atoms with Gasteiger partial charge in [-0.1, -0.05) is 6.92 Å². The molecular formula is C11H19N3O4. The molecule has 1 amide bonds. The molecule has 0 aromatic carbocycles. The third-order valence-corrected chi connectivity index (χ3v) is 2.77. The van der Waals surface area contributed by atoms with Gasteiger partial charge in [0, 0.05) is 13.2 Å². The smallest absolute Gasteiger partial charge is 0.255 e. The number of amides is 1.